The predicted octanol–water partition coefficient (Wildman–Crippen LogP) is -0.556. The average molecular weight is 345 g/mol. The highest BCUT2D eigenvalue weighted by Gasteiger charge is 2.32. The second kappa shape index (κ2) is 7.06. The van der Waals surface area contributed by atoms with Crippen LogP contribution in [0.15, 0.2) is 18.7 Å². The van der Waals surface area contributed by atoms with E-state index >= 15 is 0 Å². The normalized spacial score (nSPS) is 18.2. The molecule has 1 atom stereocenters. The van der Waals surface area contributed by atoms with Gasteiger partial charge in [-0.25, -0.2) is 4.68 Å². The number of carbonyl (C=O) groups excluding carboxylic acids is 2. The molecule has 0 bridgehead atoms. The SMILES string of the molecule is CNC(=O)CC1C(=O)NCCN1Cc1cc(C)n(-n2cnnc2)c1C. The van der Waals surface area contributed by atoms with Crippen LogP contribution in [0.5, 0.6) is 0 Å². The molecule has 0 aromatic carbocycles. The van der Waals surface area contributed by atoms with Crippen LogP contribution in [-0.2, 0) is 16.1 Å². The number of piperazine rings is 1. The van der Waals surface area contributed by atoms with E-state index in [2.05, 4.69) is 31.8 Å². The predicted molar refractivity (Wildman–Crippen MR) is 90.6 cm³/mol. The minimum atomic E-state index is -0.452. The van der Waals surface area contributed by atoms with Crippen LogP contribution in [0.25, 0.3) is 0 Å². The molecule has 0 saturated carbocycles. The summed E-state index contributed by atoms with van der Waals surface area (Å²) in [5.74, 6) is -0.232. The van der Waals surface area contributed by atoms with Crippen molar-refractivity contribution in [3.05, 3.63) is 35.7 Å². The quantitative estimate of drug-likeness (QED) is 0.757. The van der Waals surface area contributed by atoms with Crippen molar-refractivity contribution in [3.8, 4) is 0 Å². The largest absolute Gasteiger partial charge is 0.359 e. The standard InChI is InChI=1S/C16H23N7O2/c1-11-6-13(12(2)23(11)22-9-19-20-10-22)8-21-5-4-18-16(25)14(21)7-15(24)17-3/h6,9-10,14H,4-5,7-8H2,1-3H3,(H,17,24)(H,18,25). The average Bonchev–Trinajstić information content (AvgIpc) is 3.19. The number of nitrogens with one attached hydrogen (secondary N) is 2. The van der Waals surface area contributed by atoms with Gasteiger partial charge in [-0.05, 0) is 25.5 Å². The summed E-state index contributed by atoms with van der Waals surface area (Å²) in [6.07, 6.45) is 3.45. The number of hydrogen-bond acceptors (Lipinski definition) is 5. The van der Waals surface area contributed by atoms with Crippen molar-refractivity contribution in [2.24, 2.45) is 0 Å². The monoisotopic (exact) mass is 345 g/mol. The lowest BCUT2D eigenvalue weighted by atomic mass is 10.1. The number of nitrogens with zero attached hydrogens (tertiary/aromatic N) is 5. The molecule has 2 aromatic heterocycles. The first-order chi connectivity index (χ1) is 12.0. The Hall–Kier alpha value is -2.68. The van der Waals surface area contributed by atoms with E-state index < -0.39 is 6.04 Å². The Balaban J connectivity index is 1.84. The number of carbonyl (C=O) groups is 2. The Labute approximate surface area is 146 Å². The van der Waals surface area contributed by atoms with Crippen LogP contribution in [0.2, 0.25) is 0 Å². The van der Waals surface area contributed by atoms with Crippen LogP contribution in [0.4, 0.5) is 0 Å². The van der Waals surface area contributed by atoms with Crippen molar-refractivity contribution in [1.29, 1.82) is 0 Å². The van der Waals surface area contributed by atoms with Crippen LogP contribution in [-0.4, -0.2) is 62.4 Å². The molecule has 9 heteroatoms. The van der Waals surface area contributed by atoms with E-state index in [1.54, 1.807) is 19.7 Å². The van der Waals surface area contributed by atoms with Crippen LogP contribution >= 0.6 is 0 Å². The van der Waals surface area contributed by atoms with Gasteiger partial charge in [0.05, 0.1) is 12.5 Å². The molecule has 1 aliphatic heterocycles. The topological polar surface area (TPSA) is 97.1 Å². The summed E-state index contributed by atoms with van der Waals surface area (Å²) in [4.78, 5) is 26.1. The Bertz CT molecular complexity index is 766. The molecule has 2 aromatic rings. The zero-order valence-corrected chi connectivity index (χ0v) is 14.7. The summed E-state index contributed by atoms with van der Waals surface area (Å²) in [5, 5.41) is 13.1. The molecule has 0 aliphatic carbocycles. The van der Waals surface area contributed by atoms with Gasteiger partial charge in [0.1, 0.15) is 12.7 Å². The number of amides is 2. The van der Waals surface area contributed by atoms with Gasteiger partial charge in [0, 0.05) is 38.1 Å². The Morgan fingerprint density at radius 2 is 2.08 bits per heavy atom. The van der Waals surface area contributed by atoms with E-state index in [4.69, 9.17) is 0 Å². The maximum absolute atomic E-state index is 12.2. The van der Waals surface area contributed by atoms with Gasteiger partial charge in [-0.2, -0.15) is 0 Å². The first-order valence-corrected chi connectivity index (χ1v) is 8.26. The maximum Gasteiger partial charge on any atom is 0.237 e. The van der Waals surface area contributed by atoms with Crippen molar-refractivity contribution < 1.29 is 9.59 Å². The van der Waals surface area contributed by atoms with E-state index in [0.717, 1.165) is 17.0 Å². The fourth-order valence-electron chi connectivity index (χ4n) is 3.30. The molecule has 3 rings (SSSR count). The minimum absolute atomic E-state index is 0.0949. The van der Waals surface area contributed by atoms with E-state index in [-0.39, 0.29) is 18.2 Å². The Morgan fingerprint density at radius 1 is 1.36 bits per heavy atom. The summed E-state index contributed by atoms with van der Waals surface area (Å²) in [7, 11) is 1.58. The second-order valence-corrected chi connectivity index (χ2v) is 6.20. The lowest BCUT2D eigenvalue weighted by Crippen LogP contribution is -2.56. The highest BCUT2D eigenvalue weighted by molar-refractivity contribution is 5.88. The Kier molecular flexibility index (Phi) is 4.84. The molecule has 1 saturated heterocycles. The van der Waals surface area contributed by atoms with Crippen LogP contribution < -0.4 is 10.6 Å². The van der Waals surface area contributed by atoms with E-state index in [0.29, 0.717) is 19.6 Å². The van der Waals surface area contributed by atoms with Gasteiger partial charge < -0.3 is 10.6 Å². The molecule has 9 nitrogen and oxygen atoms in total. The number of hydrogen-bond donors (Lipinski definition) is 2. The lowest BCUT2D eigenvalue weighted by molar-refractivity contribution is -0.134. The van der Waals surface area contributed by atoms with Gasteiger partial charge in [0.2, 0.25) is 11.8 Å². The summed E-state index contributed by atoms with van der Waals surface area (Å²) in [6.45, 7) is 5.95. The summed E-state index contributed by atoms with van der Waals surface area (Å²) in [5.41, 5.74) is 3.22. The summed E-state index contributed by atoms with van der Waals surface area (Å²) < 4.78 is 3.84. The molecular formula is C16H23N7O2. The van der Waals surface area contributed by atoms with E-state index in [1.807, 2.05) is 23.2 Å². The van der Waals surface area contributed by atoms with Gasteiger partial charge in [-0.3, -0.25) is 19.2 Å². The zero-order chi connectivity index (χ0) is 18.0. The van der Waals surface area contributed by atoms with E-state index in [9.17, 15) is 9.59 Å². The molecule has 1 aliphatic rings. The van der Waals surface area contributed by atoms with Crippen LogP contribution in [0.3, 0.4) is 0 Å². The molecule has 2 N–H and O–H groups in total. The molecule has 0 spiro atoms. The number of rotatable bonds is 5. The molecule has 25 heavy (non-hydrogen) atoms. The van der Waals surface area contributed by atoms with Gasteiger partial charge in [0.15, 0.2) is 0 Å². The van der Waals surface area contributed by atoms with Gasteiger partial charge in [-0.1, -0.05) is 0 Å². The first kappa shape index (κ1) is 17.2. The molecular weight excluding hydrogens is 322 g/mol. The van der Waals surface area contributed by atoms with Crippen LogP contribution in [0, 0.1) is 13.8 Å². The third-order valence-corrected chi connectivity index (χ3v) is 4.61. The van der Waals surface area contributed by atoms with E-state index in [1.165, 1.54) is 0 Å². The van der Waals surface area contributed by atoms with Crippen molar-refractivity contribution >= 4 is 11.8 Å². The van der Waals surface area contributed by atoms with Gasteiger partial charge in [0.25, 0.3) is 0 Å². The molecule has 1 fully saturated rings. The minimum Gasteiger partial charge on any atom is -0.359 e. The van der Waals surface area contributed by atoms with Gasteiger partial charge in [-0.15, -0.1) is 10.2 Å². The lowest BCUT2D eigenvalue weighted by Gasteiger charge is -2.34. The summed E-state index contributed by atoms with van der Waals surface area (Å²) in [6, 6.07) is 1.64. The maximum atomic E-state index is 12.2. The number of aromatic nitrogens is 4. The molecule has 0 radical (unpaired) electrons. The molecule has 3 heterocycles. The third kappa shape index (κ3) is 3.41. The second-order valence-electron chi connectivity index (χ2n) is 6.20. The zero-order valence-electron chi connectivity index (χ0n) is 14.7. The van der Waals surface area contributed by atoms with Crippen molar-refractivity contribution in [2.75, 3.05) is 20.1 Å². The van der Waals surface area contributed by atoms with Crippen molar-refractivity contribution in [1.82, 2.24) is 35.1 Å². The third-order valence-electron chi connectivity index (χ3n) is 4.61. The Morgan fingerprint density at radius 3 is 2.76 bits per heavy atom. The van der Waals surface area contributed by atoms with Crippen molar-refractivity contribution in [2.45, 2.75) is 32.9 Å². The number of aryl methyl sites for hydroxylation is 1. The first-order valence-electron chi connectivity index (χ1n) is 8.26. The molecule has 134 valence electrons. The smallest absolute Gasteiger partial charge is 0.237 e. The fraction of sp³-hybridized carbons (Fsp3) is 0.500. The van der Waals surface area contributed by atoms with Crippen LogP contribution in [0.1, 0.15) is 23.4 Å². The molecule has 2 amide bonds. The highest BCUT2D eigenvalue weighted by atomic mass is 16.2. The highest BCUT2D eigenvalue weighted by Crippen LogP contribution is 2.20. The fourth-order valence-corrected chi connectivity index (χ4v) is 3.30. The van der Waals surface area contributed by atoms with Gasteiger partial charge >= 0.3 is 0 Å². The van der Waals surface area contributed by atoms with Crippen molar-refractivity contribution in [3.63, 3.8) is 0 Å². The summed E-state index contributed by atoms with van der Waals surface area (Å²) >= 11 is 0. The molecule has 1 unspecified atom stereocenters.